The highest BCUT2D eigenvalue weighted by Gasteiger charge is 2.29. The number of imidazole rings is 1. The Morgan fingerprint density at radius 2 is 1.78 bits per heavy atom. The van der Waals surface area contributed by atoms with Gasteiger partial charge in [0, 0.05) is 0 Å². The molecule has 0 aliphatic heterocycles. The van der Waals surface area contributed by atoms with Crippen molar-refractivity contribution in [3.8, 4) is 6.07 Å². The second-order valence-corrected chi connectivity index (χ2v) is 4.89. The molecule has 0 saturated heterocycles. The van der Waals surface area contributed by atoms with Crippen LogP contribution in [0.4, 0.5) is 13.2 Å². The standard InChI is InChI=1S/C17H10F3N3/c18-17(19,20)13-7-5-11(6-8-13)9-12(10-21)16-22-14-3-1-2-4-15(14)23-16/h1-9H,(H,22,23)/b12-9+. The molecule has 114 valence electrons. The minimum absolute atomic E-state index is 0.251. The van der Waals surface area contributed by atoms with Crippen molar-refractivity contribution in [1.29, 1.82) is 5.26 Å². The lowest BCUT2D eigenvalue weighted by Crippen LogP contribution is -2.04. The SMILES string of the molecule is N#C/C(=C\c1ccc(C(F)(F)F)cc1)c1nc2ccccc2[nH]1. The van der Waals surface area contributed by atoms with Crippen LogP contribution in [-0.2, 0) is 6.18 Å². The van der Waals surface area contributed by atoms with E-state index >= 15 is 0 Å². The van der Waals surface area contributed by atoms with E-state index in [1.807, 2.05) is 30.3 Å². The maximum atomic E-state index is 12.5. The Hall–Kier alpha value is -3.07. The van der Waals surface area contributed by atoms with Gasteiger partial charge in [-0.2, -0.15) is 18.4 Å². The Bertz CT molecular complexity index is 880. The zero-order chi connectivity index (χ0) is 16.4. The first-order valence-corrected chi connectivity index (χ1v) is 6.71. The zero-order valence-electron chi connectivity index (χ0n) is 11.7. The van der Waals surface area contributed by atoms with Crippen molar-refractivity contribution >= 4 is 22.7 Å². The summed E-state index contributed by atoms with van der Waals surface area (Å²) in [6.45, 7) is 0. The normalized spacial score (nSPS) is 12.3. The fraction of sp³-hybridized carbons (Fsp3) is 0.0588. The summed E-state index contributed by atoms with van der Waals surface area (Å²) in [5, 5.41) is 9.29. The molecule has 6 heteroatoms. The van der Waals surface area contributed by atoms with Gasteiger partial charge in [0.15, 0.2) is 0 Å². The van der Waals surface area contributed by atoms with Gasteiger partial charge in [-0.15, -0.1) is 0 Å². The number of aromatic amines is 1. The Morgan fingerprint density at radius 3 is 2.39 bits per heavy atom. The van der Waals surface area contributed by atoms with Crippen LogP contribution in [0.5, 0.6) is 0 Å². The quantitative estimate of drug-likeness (QED) is 0.700. The molecule has 3 nitrogen and oxygen atoms in total. The first-order valence-electron chi connectivity index (χ1n) is 6.71. The summed E-state index contributed by atoms with van der Waals surface area (Å²) in [6, 6.07) is 13.9. The third-order valence-electron chi connectivity index (χ3n) is 3.31. The summed E-state index contributed by atoms with van der Waals surface area (Å²) in [7, 11) is 0. The molecule has 0 unspecified atom stereocenters. The van der Waals surface area contributed by atoms with Crippen molar-refractivity contribution < 1.29 is 13.2 Å². The molecule has 3 rings (SSSR count). The van der Waals surface area contributed by atoms with Crippen molar-refractivity contribution in [2.75, 3.05) is 0 Å². The molecular formula is C17H10F3N3. The number of para-hydroxylation sites is 2. The Kier molecular flexibility index (Phi) is 3.62. The summed E-state index contributed by atoms with van der Waals surface area (Å²) in [5.41, 5.74) is 1.53. The van der Waals surface area contributed by atoms with E-state index in [0.717, 1.165) is 23.2 Å². The van der Waals surface area contributed by atoms with Crippen LogP contribution >= 0.6 is 0 Å². The number of hydrogen-bond acceptors (Lipinski definition) is 2. The number of aromatic nitrogens is 2. The van der Waals surface area contributed by atoms with Crippen LogP contribution in [0.2, 0.25) is 0 Å². The molecule has 1 aromatic heterocycles. The molecule has 23 heavy (non-hydrogen) atoms. The molecule has 1 heterocycles. The number of allylic oxidation sites excluding steroid dienone is 1. The fourth-order valence-electron chi connectivity index (χ4n) is 2.17. The largest absolute Gasteiger partial charge is 0.416 e. The number of alkyl halides is 3. The van der Waals surface area contributed by atoms with Crippen molar-refractivity contribution in [2.45, 2.75) is 6.18 Å². The van der Waals surface area contributed by atoms with Crippen LogP contribution in [0.25, 0.3) is 22.7 Å². The summed E-state index contributed by atoms with van der Waals surface area (Å²) >= 11 is 0. The summed E-state index contributed by atoms with van der Waals surface area (Å²) in [4.78, 5) is 7.33. The topological polar surface area (TPSA) is 52.5 Å². The lowest BCUT2D eigenvalue weighted by Gasteiger charge is -2.06. The molecule has 0 fully saturated rings. The van der Waals surface area contributed by atoms with Gasteiger partial charge in [-0.1, -0.05) is 24.3 Å². The number of halogens is 3. The number of fused-ring (bicyclic) bond motifs is 1. The number of H-pyrrole nitrogens is 1. The van der Waals surface area contributed by atoms with Crippen molar-refractivity contribution in [2.24, 2.45) is 0 Å². The van der Waals surface area contributed by atoms with Gasteiger partial charge in [0.25, 0.3) is 0 Å². The van der Waals surface area contributed by atoms with Gasteiger partial charge in [-0.3, -0.25) is 0 Å². The average molecular weight is 313 g/mol. The fourth-order valence-corrected chi connectivity index (χ4v) is 2.17. The second-order valence-electron chi connectivity index (χ2n) is 4.89. The van der Waals surface area contributed by atoms with Crippen LogP contribution in [-0.4, -0.2) is 9.97 Å². The number of nitriles is 1. The van der Waals surface area contributed by atoms with Gasteiger partial charge in [0.05, 0.1) is 22.2 Å². The summed E-state index contributed by atoms with van der Waals surface area (Å²) < 4.78 is 37.6. The molecule has 0 spiro atoms. The minimum Gasteiger partial charge on any atom is -0.337 e. The molecule has 0 amide bonds. The minimum atomic E-state index is -4.38. The molecular weight excluding hydrogens is 303 g/mol. The Labute approximate surface area is 129 Å². The molecule has 2 aromatic carbocycles. The lowest BCUT2D eigenvalue weighted by atomic mass is 10.1. The van der Waals surface area contributed by atoms with Crippen LogP contribution in [0.15, 0.2) is 48.5 Å². The highest BCUT2D eigenvalue weighted by atomic mass is 19.4. The number of nitrogens with one attached hydrogen (secondary N) is 1. The average Bonchev–Trinajstić information content (AvgIpc) is 2.96. The third kappa shape index (κ3) is 3.09. The smallest absolute Gasteiger partial charge is 0.337 e. The van der Waals surface area contributed by atoms with Crippen LogP contribution in [0, 0.1) is 11.3 Å². The number of nitrogens with zero attached hydrogens (tertiary/aromatic N) is 2. The first-order chi connectivity index (χ1) is 11.0. The molecule has 0 atom stereocenters. The number of benzene rings is 2. The maximum Gasteiger partial charge on any atom is 0.416 e. The summed E-state index contributed by atoms with van der Waals surface area (Å²) in [5.74, 6) is 0.383. The molecule has 0 saturated carbocycles. The van der Waals surface area contributed by atoms with Crippen LogP contribution in [0.1, 0.15) is 17.0 Å². The predicted molar refractivity (Wildman–Crippen MR) is 81.0 cm³/mol. The van der Waals surface area contributed by atoms with Gasteiger partial charge in [-0.05, 0) is 35.9 Å². The monoisotopic (exact) mass is 313 g/mol. The maximum absolute atomic E-state index is 12.5. The molecule has 3 aromatic rings. The Balaban J connectivity index is 1.97. The summed E-state index contributed by atoms with van der Waals surface area (Å²) in [6.07, 6.45) is -2.88. The van der Waals surface area contributed by atoms with Gasteiger partial charge in [0.2, 0.25) is 0 Å². The molecule has 0 aliphatic carbocycles. The van der Waals surface area contributed by atoms with E-state index in [1.165, 1.54) is 18.2 Å². The van der Waals surface area contributed by atoms with Crippen LogP contribution in [0.3, 0.4) is 0 Å². The molecule has 0 radical (unpaired) electrons. The van der Waals surface area contributed by atoms with E-state index in [-0.39, 0.29) is 5.57 Å². The van der Waals surface area contributed by atoms with Crippen molar-refractivity contribution in [1.82, 2.24) is 9.97 Å². The highest BCUT2D eigenvalue weighted by Crippen LogP contribution is 2.29. The third-order valence-corrected chi connectivity index (χ3v) is 3.31. The van der Waals surface area contributed by atoms with Crippen LogP contribution < -0.4 is 0 Å². The van der Waals surface area contributed by atoms with E-state index < -0.39 is 11.7 Å². The van der Waals surface area contributed by atoms with E-state index in [9.17, 15) is 18.4 Å². The molecule has 0 bridgehead atoms. The van der Waals surface area contributed by atoms with E-state index in [2.05, 4.69) is 9.97 Å². The van der Waals surface area contributed by atoms with E-state index in [1.54, 1.807) is 0 Å². The number of hydrogen-bond donors (Lipinski definition) is 1. The van der Waals surface area contributed by atoms with E-state index in [4.69, 9.17) is 0 Å². The van der Waals surface area contributed by atoms with E-state index in [0.29, 0.717) is 11.4 Å². The van der Waals surface area contributed by atoms with Gasteiger partial charge < -0.3 is 4.98 Å². The highest BCUT2D eigenvalue weighted by molar-refractivity contribution is 5.90. The number of rotatable bonds is 2. The molecule has 0 aliphatic rings. The van der Waals surface area contributed by atoms with Gasteiger partial charge >= 0.3 is 6.18 Å². The Morgan fingerprint density at radius 1 is 1.09 bits per heavy atom. The van der Waals surface area contributed by atoms with Crippen molar-refractivity contribution in [3.63, 3.8) is 0 Å². The first kappa shape index (κ1) is 14.9. The van der Waals surface area contributed by atoms with Crippen molar-refractivity contribution in [3.05, 3.63) is 65.5 Å². The predicted octanol–water partition coefficient (Wildman–Crippen LogP) is 4.65. The zero-order valence-corrected chi connectivity index (χ0v) is 11.7. The molecule has 1 N–H and O–H groups in total. The van der Waals surface area contributed by atoms with Gasteiger partial charge in [0.1, 0.15) is 11.9 Å². The van der Waals surface area contributed by atoms with Gasteiger partial charge in [-0.25, -0.2) is 4.98 Å². The second kappa shape index (κ2) is 5.61. The lowest BCUT2D eigenvalue weighted by molar-refractivity contribution is -0.137.